The van der Waals surface area contributed by atoms with Crippen LogP contribution < -0.4 is 15.8 Å². The van der Waals surface area contributed by atoms with Gasteiger partial charge in [0.2, 0.25) is 0 Å². The molecule has 1 aliphatic heterocycles. The van der Waals surface area contributed by atoms with Crippen molar-refractivity contribution in [1.82, 2.24) is 10.2 Å². The number of halogens is 1. The van der Waals surface area contributed by atoms with Gasteiger partial charge in [0.25, 0.3) is 5.91 Å². The molecule has 1 saturated heterocycles. The van der Waals surface area contributed by atoms with Crippen molar-refractivity contribution in [2.24, 2.45) is 5.92 Å². The maximum atomic E-state index is 12.6. The summed E-state index contributed by atoms with van der Waals surface area (Å²) in [7, 11) is -1.66. The van der Waals surface area contributed by atoms with Crippen LogP contribution in [0.3, 0.4) is 0 Å². The Balaban J connectivity index is 1.42. The van der Waals surface area contributed by atoms with Gasteiger partial charge in [-0.25, -0.2) is 8.42 Å². The van der Waals surface area contributed by atoms with Crippen LogP contribution in [-0.4, -0.2) is 58.3 Å². The standard InChI is InChI=1S/C23H30ClN3O4S/c1-31-22-14-21(25)20(24)13-19(22)23(28)26-15-17-7-9-27(10-8-17)11-12-32(29,30)16-18-5-3-2-4-6-18/h2-6,13-14,17H,7-12,15-16,25H2,1H3,(H,26,28). The highest BCUT2D eigenvalue weighted by atomic mass is 35.5. The number of benzene rings is 2. The first-order chi connectivity index (χ1) is 15.3. The van der Waals surface area contributed by atoms with E-state index in [0.29, 0.717) is 41.0 Å². The van der Waals surface area contributed by atoms with Crippen LogP contribution in [0.4, 0.5) is 5.69 Å². The molecule has 0 bridgehead atoms. The number of hydrogen-bond donors (Lipinski definition) is 2. The topological polar surface area (TPSA) is 102 Å². The van der Waals surface area contributed by atoms with E-state index in [1.54, 1.807) is 6.07 Å². The zero-order valence-electron chi connectivity index (χ0n) is 18.2. The fourth-order valence-electron chi connectivity index (χ4n) is 3.83. The molecule has 7 nitrogen and oxygen atoms in total. The second-order valence-electron chi connectivity index (χ2n) is 8.15. The lowest BCUT2D eigenvalue weighted by Crippen LogP contribution is -2.40. The fourth-order valence-corrected chi connectivity index (χ4v) is 5.38. The molecule has 9 heteroatoms. The average Bonchev–Trinajstić information content (AvgIpc) is 2.78. The third kappa shape index (κ3) is 6.85. The zero-order chi connectivity index (χ0) is 23.1. The molecule has 2 aromatic rings. The first-order valence-corrected chi connectivity index (χ1v) is 12.9. The summed E-state index contributed by atoms with van der Waals surface area (Å²) in [5.74, 6) is 0.705. The molecule has 0 saturated carbocycles. The Kier molecular flexibility index (Phi) is 8.39. The fraction of sp³-hybridized carbons (Fsp3) is 0.435. The van der Waals surface area contributed by atoms with Gasteiger partial charge < -0.3 is 20.7 Å². The Morgan fingerprint density at radius 1 is 1.22 bits per heavy atom. The summed E-state index contributed by atoms with van der Waals surface area (Å²) in [4.78, 5) is 14.8. The highest BCUT2D eigenvalue weighted by Crippen LogP contribution is 2.29. The van der Waals surface area contributed by atoms with E-state index in [0.717, 1.165) is 31.5 Å². The minimum absolute atomic E-state index is 0.0783. The second kappa shape index (κ2) is 11.0. The number of sulfone groups is 1. The van der Waals surface area contributed by atoms with E-state index >= 15 is 0 Å². The molecule has 0 spiro atoms. The van der Waals surface area contributed by atoms with Gasteiger partial charge in [-0.15, -0.1) is 0 Å². The van der Waals surface area contributed by atoms with Gasteiger partial charge in [0, 0.05) is 19.2 Å². The first kappa shape index (κ1) is 24.4. The molecule has 0 aromatic heterocycles. The zero-order valence-corrected chi connectivity index (χ0v) is 19.8. The molecule has 0 unspecified atom stereocenters. The lowest BCUT2D eigenvalue weighted by atomic mass is 9.96. The summed E-state index contributed by atoms with van der Waals surface area (Å²) in [5.41, 5.74) is 7.31. The number of piperidine rings is 1. The Morgan fingerprint density at radius 3 is 2.56 bits per heavy atom. The normalized spacial score (nSPS) is 15.4. The lowest BCUT2D eigenvalue weighted by molar-refractivity contribution is 0.0934. The van der Waals surface area contributed by atoms with Crippen LogP contribution >= 0.6 is 11.6 Å². The number of likely N-dealkylation sites (tertiary alicyclic amines) is 1. The maximum absolute atomic E-state index is 12.6. The number of anilines is 1. The van der Waals surface area contributed by atoms with Crippen molar-refractivity contribution in [3.8, 4) is 5.75 Å². The van der Waals surface area contributed by atoms with Crippen LogP contribution in [0.15, 0.2) is 42.5 Å². The molecule has 174 valence electrons. The molecule has 1 amide bonds. The molecule has 0 aliphatic carbocycles. The molecular formula is C23H30ClN3O4S. The molecular weight excluding hydrogens is 450 g/mol. The Bertz CT molecular complexity index is 1020. The highest BCUT2D eigenvalue weighted by Gasteiger charge is 2.22. The van der Waals surface area contributed by atoms with E-state index in [-0.39, 0.29) is 17.4 Å². The van der Waals surface area contributed by atoms with Crippen molar-refractivity contribution >= 4 is 33.0 Å². The van der Waals surface area contributed by atoms with Crippen LogP contribution in [0, 0.1) is 5.92 Å². The number of ether oxygens (including phenoxy) is 1. The number of rotatable bonds is 9. The lowest BCUT2D eigenvalue weighted by Gasteiger charge is -2.32. The number of nitrogens with zero attached hydrogens (tertiary/aromatic N) is 1. The van der Waals surface area contributed by atoms with Gasteiger partial charge in [-0.05, 0) is 43.5 Å². The van der Waals surface area contributed by atoms with E-state index < -0.39 is 9.84 Å². The van der Waals surface area contributed by atoms with Gasteiger partial charge in [0.15, 0.2) is 9.84 Å². The largest absolute Gasteiger partial charge is 0.496 e. The van der Waals surface area contributed by atoms with Crippen LogP contribution in [-0.2, 0) is 15.6 Å². The van der Waals surface area contributed by atoms with Crippen molar-refractivity contribution in [2.45, 2.75) is 18.6 Å². The first-order valence-electron chi connectivity index (χ1n) is 10.7. The Labute approximate surface area is 194 Å². The summed E-state index contributed by atoms with van der Waals surface area (Å²) < 4.78 is 30.1. The molecule has 32 heavy (non-hydrogen) atoms. The number of nitrogen functional groups attached to an aromatic ring is 1. The van der Waals surface area contributed by atoms with Gasteiger partial charge in [-0.2, -0.15) is 0 Å². The number of amides is 1. The van der Waals surface area contributed by atoms with E-state index in [4.69, 9.17) is 22.1 Å². The minimum atomic E-state index is -3.14. The molecule has 3 N–H and O–H groups in total. The quantitative estimate of drug-likeness (QED) is 0.536. The van der Waals surface area contributed by atoms with Crippen LogP contribution in [0.5, 0.6) is 5.75 Å². The number of nitrogens with one attached hydrogen (secondary N) is 1. The third-order valence-electron chi connectivity index (χ3n) is 5.77. The molecule has 2 aromatic carbocycles. The SMILES string of the molecule is COc1cc(N)c(Cl)cc1C(=O)NCC1CCN(CCS(=O)(=O)Cc2ccccc2)CC1. The van der Waals surface area contributed by atoms with Gasteiger partial charge >= 0.3 is 0 Å². The van der Waals surface area contributed by atoms with E-state index in [1.807, 2.05) is 30.3 Å². The second-order valence-corrected chi connectivity index (χ2v) is 10.7. The van der Waals surface area contributed by atoms with Crippen LogP contribution in [0.1, 0.15) is 28.8 Å². The molecule has 0 atom stereocenters. The number of carbonyl (C=O) groups excluding carboxylic acids is 1. The predicted molar refractivity (Wildman–Crippen MR) is 128 cm³/mol. The molecule has 3 rings (SSSR count). The van der Waals surface area contributed by atoms with Gasteiger partial charge in [-0.1, -0.05) is 41.9 Å². The average molecular weight is 480 g/mol. The smallest absolute Gasteiger partial charge is 0.255 e. The summed E-state index contributed by atoms with van der Waals surface area (Å²) in [6, 6.07) is 12.3. The van der Waals surface area contributed by atoms with Crippen LogP contribution in [0.2, 0.25) is 5.02 Å². The number of methoxy groups -OCH3 is 1. The summed E-state index contributed by atoms with van der Waals surface area (Å²) >= 11 is 6.05. The van der Waals surface area contributed by atoms with Crippen molar-refractivity contribution in [3.63, 3.8) is 0 Å². The summed E-state index contributed by atoms with van der Waals surface area (Å²) in [5, 5.41) is 3.27. The Morgan fingerprint density at radius 2 is 1.91 bits per heavy atom. The monoisotopic (exact) mass is 479 g/mol. The predicted octanol–water partition coefficient (Wildman–Crippen LogP) is 2.99. The van der Waals surface area contributed by atoms with Crippen molar-refractivity contribution in [3.05, 3.63) is 58.6 Å². The van der Waals surface area contributed by atoms with Gasteiger partial charge in [-0.3, -0.25) is 4.79 Å². The maximum Gasteiger partial charge on any atom is 0.255 e. The van der Waals surface area contributed by atoms with Crippen molar-refractivity contribution in [1.29, 1.82) is 0 Å². The number of hydrogen-bond acceptors (Lipinski definition) is 6. The minimum Gasteiger partial charge on any atom is -0.496 e. The van der Waals surface area contributed by atoms with Gasteiger partial charge in [0.05, 0.1) is 34.9 Å². The van der Waals surface area contributed by atoms with Gasteiger partial charge in [0.1, 0.15) is 5.75 Å². The molecule has 1 aliphatic rings. The van der Waals surface area contributed by atoms with E-state index in [2.05, 4.69) is 10.2 Å². The third-order valence-corrected chi connectivity index (χ3v) is 7.67. The van der Waals surface area contributed by atoms with Crippen molar-refractivity contribution in [2.75, 3.05) is 44.8 Å². The number of nitrogens with two attached hydrogens (primary N) is 1. The molecule has 1 heterocycles. The van der Waals surface area contributed by atoms with Crippen molar-refractivity contribution < 1.29 is 17.9 Å². The highest BCUT2D eigenvalue weighted by molar-refractivity contribution is 7.90. The summed E-state index contributed by atoms with van der Waals surface area (Å²) in [6.07, 6.45) is 1.80. The molecule has 0 radical (unpaired) electrons. The van der Waals surface area contributed by atoms with E-state index in [1.165, 1.54) is 13.2 Å². The number of carbonyl (C=O) groups is 1. The van der Waals surface area contributed by atoms with E-state index in [9.17, 15) is 13.2 Å². The molecule has 1 fully saturated rings. The summed E-state index contributed by atoms with van der Waals surface area (Å²) in [6.45, 7) is 2.72. The van der Waals surface area contributed by atoms with Crippen LogP contribution in [0.25, 0.3) is 0 Å². The Hall–Kier alpha value is -2.29.